The molecule has 132 valence electrons. The maximum Gasteiger partial charge on any atom is 0.239 e. The highest BCUT2D eigenvalue weighted by Gasteiger charge is 2.25. The summed E-state index contributed by atoms with van der Waals surface area (Å²) in [7, 11) is 0. The van der Waals surface area contributed by atoms with Gasteiger partial charge in [-0.05, 0) is 17.9 Å². The topological polar surface area (TPSA) is 49.6 Å². The van der Waals surface area contributed by atoms with Crippen molar-refractivity contribution in [3.63, 3.8) is 0 Å². The lowest BCUT2D eigenvalue weighted by atomic mass is 10.0. The summed E-state index contributed by atoms with van der Waals surface area (Å²) in [6.07, 6.45) is 0.767. The van der Waals surface area contributed by atoms with Crippen LogP contribution in [0.4, 0.5) is 0 Å². The molecule has 0 radical (unpaired) electrons. The van der Waals surface area contributed by atoms with E-state index in [1.807, 2.05) is 11.0 Å². The van der Waals surface area contributed by atoms with Crippen LogP contribution >= 0.6 is 24.8 Å². The Bertz CT molecular complexity index is 448. The first kappa shape index (κ1) is 22.2. The molecule has 1 atom stereocenters. The van der Waals surface area contributed by atoms with Crippen LogP contribution in [0, 0.1) is 5.92 Å². The number of carbonyl (C=O) groups excluding carboxylic acids is 1. The second-order valence-electron chi connectivity index (χ2n) is 6.32. The van der Waals surface area contributed by atoms with Gasteiger partial charge in [0.25, 0.3) is 0 Å². The third kappa shape index (κ3) is 7.08. The molecule has 1 aliphatic rings. The Morgan fingerprint density at radius 2 is 1.65 bits per heavy atom. The van der Waals surface area contributed by atoms with Gasteiger partial charge < -0.3 is 10.6 Å². The van der Waals surface area contributed by atoms with Gasteiger partial charge in [-0.15, -0.1) is 24.8 Å². The van der Waals surface area contributed by atoms with Crippen LogP contribution in [0.25, 0.3) is 0 Å². The predicted octanol–water partition coefficient (Wildman–Crippen LogP) is 2.55. The number of nitrogens with two attached hydrogens (primary N) is 1. The van der Waals surface area contributed by atoms with Crippen LogP contribution in [-0.4, -0.2) is 47.9 Å². The Balaban J connectivity index is 0.00000242. The third-order valence-electron chi connectivity index (χ3n) is 3.98. The number of halogens is 2. The zero-order valence-electron chi connectivity index (χ0n) is 14.0. The van der Waals surface area contributed by atoms with Crippen molar-refractivity contribution in [2.24, 2.45) is 11.7 Å². The summed E-state index contributed by atoms with van der Waals surface area (Å²) in [6.45, 7) is 8.59. The molecule has 2 rings (SSSR count). The second kappa shape index (κ2) is 10.9. The molecule has 4 nitrogen and oxygen atoms in total. The molecule has 1 saturated heterocycles. The molecule has 0 aliphatic carbocycles. The largest absolute Gasteiger partial charge is 0.339 e. The molecule has 23 heavy (non-hydrogen) atoms. The van der Waals surface area contributed by atoms with Gasteiger partial charge in [-0.2, -0.15) is 0 Å². The van der Waals surface area contributed by atoms with Gasteiger partial charge in [0.15, 0.2) is 0 Å². The zero-order valence-corrected chi connectivity index (χ0v) is 15.6. The number of piperazine rings is 1. The summed E-state index contributed by atoms with van der Waals surface area (Å²) in [5, 5.41) is 0. The maximum absolute atomic E-state index is 12.3. The van der Waals surface area contributed by atoms with Gasteiger partial charge in [0.05, 0.1) is 6.04 Å². The number of rotatable bonds is 5. The predicted molar refractivity (Wildman–Crippen MR) is 100 cm³/mol. The molecule has 1 fully saturated rings. The third-order valence-corrected chi connectivity index (χ3v) is 3.98. The molecule has 0 bridgehead atoms. The second-order valence-corrected chi connectivity index (χ2v) is 6.32. The van der Waals surface area contributed by atoms with Crippen LogP contribution in [0.5, 0.6) is 0 Å². The number of benzene rings is 1. The van der Waals surface area contributed by atoms with Crippen molar-refractivity contribution < 1.29 is 4.79 Å². The van der Waals surface area contributed by atoms with E-state index in [0.717, 1.165) is 39.1 Å². The van der Waals surface area contributed by atoms with Gasteiger partial charge in [0, 0.05) is 32.7 Å². The highest BCUT2D eigenvalue weighted by molar-refractivity contribution is 5.85. The van der Waals surface area contributed by atoms with Crippen LogP contribution in [-0.2, 0) is 11.3 Å². The van der Waals surface area contributed by atoms with Gasteiger partial charge in [0.1, 0.15) is 0 Å². The molecular formula is C17H29Cl2N3O. The number of carbonyl (C=O) groups is 1. The average molecular weight is 362 g/mol. The van der Waals surface area contributed by atoms with Crippen LogP contribution in [0.15, 0.2) is 30.3 Å². The molecule has 6 heteroatoms. The SMILES string of the molecule is CC(C)C[C@H](N)C(=O)N1CCN(Cc2ccccc2)CC1.Cl.Cl. The zero-order chi connectivity index (χ0) is 15.2. The van der Waals surface area contributed by atoms with Crippen molar-refractivity contribution in [1.29, 1.82) is 0 Å². The summed E-state index contributed by atoms with van der Waals surface area (Å²) in [5.74, 6) is 0.575. The first-order valence-corrected chi connectivity index (χ1v) is 7.87. The van der Waals surface area contributed by atoms with E-state index in [0.29, 0.717) is 5.92 Å². The van der Waals surface area contributed by atoms with E-state index in [4.69, 9.17) is 5.73 Å². The molecule has 0 aromatic heterocycles. The first-order valence-electron chi connectivity index (χ1n) is 7.87. The summed E-state index contributed by atoms with van der Waals surface area (Å²) in [6, 6.07) is 10.1. The van der Waals surface area contributed by atoms with E-state index in [1.54, 1.807) is 0 Å². The van der Waals surface area contributed by atoms with Crippen molar-refractivity contribution >= 4 is 30.7 Å². The van der Waals surface area contributed by atoms with Crippen LogP contribution < -0.4 is 5.73 Å². The first-order chi connectivity index (χ1) is 10.1. The minimum absolute atomic E-state index is 0. The summed E-state index contributed by atoms with van der Waals surface area (Å²) in [4.78, 5) is 16.6. The van der Waals surface area contributed by atoms with E-state index < -0.39 is 0 Å². The molecule has 1 aromatic rings. The number of hydrogen-bond acceptors (Lipinski definition) is 3. The van der Waals surface area contributed by atoms with Crippen molar-refractivity contribution in [1.82, 2.24) is 9.80 Å². The number of hydrogen-bond donors (Lipinski definition) is 1. The van der Waals surface area contributed by atoms with Gasteiger partial charge in [0.2, 0.25) is 5.91 Å². The monoisotopic (exact) mass is 361 g/mol. The van der Waals surface area contributed by atoms with E-state index in [2.05, 4.69) is 43.0 Å². The molecule has 1 heterocycles. The van der Waals surface area contributed by atoms with Gasteiger partial charge in [-0.25, -0.2) is 0 Å². The number of amides is 1. The number of nitrogens with zero attached hydrogens (tertiary/aromatic N) is 2. The fourth-order valence-corrected chi connectivity index (χ4v) is 2.81. The Labute approximate surface area is 152 Å². The fraction of sp³-hybridized carbons (Fsp3) is 0.588. The van der Waals surface area contributed by atoms with E-state index in [1.165, 1.54) is 5.56 Å². The maximum atomic E-state index is 12.3. The van der Waals surface area contributed by atoms with Crippen molar-refractivity contribution in [3.8, 4) is 0 Å². The van der Waals surface area contributed by atoms with E-state index in [9.17, 15) is 4.79 Å². The molecule has 0 saturated carbocycles. The summed E-state index contributed by atoms with van der Waals surface area (Å²) in [5.41, 5.74) is 7.33. The molecule has 1 amide bonds. The quantitative estimate of drug-likeness (QED) is 0.876. The minimum Gasteiger partial charge on any atom is -0.339 e. The van der Waals surface area contributed by atoms with E-state index >= 15 is 0 Å². The Kier molecular flexibility index (Phi) is 10.5. The molecule has 1 aromatic carbocycles. The lowest BCUT2D eigenvalue weighted by Crippen LogP contribution is -2.53. The standard InChI is InChI=1S/C17H27N3O.2ClH/c1-14(2)12-16(18)17(21)20-10-8-19(9-11-20)13-15-6-4-3-5-7-15;;/h3-7,14,16H,8-13,18H2,1-2H3;2*1H/t16-;;/m0../s1. The fourth-order valence-electron chi connectivity index (χ4n) is 2.81. The van der Waals surface area contributed by atoms with Crippen LogP contribution in [0.2, 0.25) is 0 Å². The van der Waals surface area contributed by atoms with Gasteiger partial charge in [-0.1, -0.05) is 44.2 Å². The van der Waals surface area contributed by atoms with Crippen molar-refractivity contribution in [2.45, 2.75) is 32.9 Å². The minimum atomic E-state index is -0.342. The Morgan fingerprint density at radius 1 is 1.09 bits per heavy atom. The normalized spacial score (nSPS) is 16.4. The molecule has 2 N–H and O–H groups in total. The lowest BCUT2D eigenvalue weighted by Gasteiger charge is -2.36. The average Bonchev–Trinajstić information content (AvgIpc) is 2.47. The van der Waals surface area contributed by atoms with Crippen molar-refractivity contribution in [2.75, 3.05) is 26.2 Å². The molecular weight excluding hydrogens is 333 g/mol. The van der Waals surface area contributed by atoms with Gasteiger partial charge >= 0.3 is 0 Å². The highest BCUT2D eigenvalue weighted by atomic mass is 35.5. The lowest BCUT2D eigenvalue weighted by molar-refractivity contribution is -0.134. The molecule has 0 unspecified atom stereocenters. The van der Waals surface area contributed by atoms with Crippen LogP contribution in [0.3, 0.4) is 0 Å². The highest BCUT2D eigenvalue weighted by Crippen LogP contribution is 2.11. The Morgan fingerprint density at radius 3 is 2.17 bits per heavy atom. The van der Waals surface area contributed by atoms with Gasteiger partial charge in [-0.3, -0.25) is 9.69 Å². The smallest absolute Gasteiger partial charge is 0.239 e. The molecule has 1 aliphatic heterocycles. The Hall–Kier alpha value is -0.810. The summed E-state index contributed by atoms with van der Waals surface area (Å²) >= 11 is 0. The summed E-state index contributed by atoms with van der Waals surface area (Å²) < 4.78 is 0. The van der Waals surface area contributed by atoms with Crippen LogP contribution in [0.1, 0.15) is 25.8 Å². The van der Waals surface area contributed by atoms with E-state index in [-0.39, 0.29) is 36.8 Å². The molecule has 0 spiro atoms. The van der Waals surface area contributed by atoms with Crippen molar-refractivity contribution in [3.05, 3.63) is 35.9 Å².